The number of rotatable bonds is 2. The molecule has 0 aromatic carbocycles. The Morgan fingerprint density at radius 2 is 1.86 bits per heavy atom. The highest BCUT2D eigenvalue weighted by Gasteiger charge is 2.47. The number of piperidine rings is 1. The third-order valence-corrected chi connectivity index (χ3v) is 5.50. The SMILES string of the molecule is CC1(C)C(=O)NC(=O)N1CC(=O)N1CCC2(CCNC2)CC1. The zero-order valence-corrected chi connectivity index (χ0v) is 13.3. The summed E-state index contributed by atoms with van der Waals surface area (Å²) in [6.07, 6.45) is 3.21. The number of urea groups is 1. The second kappa shape index (κ2) is 5.22. The first-order valence-corrected chi connectivity index (χ1v) is 7.96. The van der Waals surface area contributed by atoms with Gasteiger partial charge in [-0.1, -0.05) is 0 Å². The Hall–Kier alpha value is -1.63. The molecule has 2 N–H and O–H groups in total. The third-order valence-electron chi connectivity index (χ3n) is 5.50. The Balaban J connectivity index is 1.59. The van der Waals surface area contributed by atoms with Crippen LogP contribution in [-0.2, 0) is 9.59 Å². The fourth-order valence-electron chi connectivity index (χ4n) is 3.65. The smallest absolute Gasteiger partial charge is 0.325 e. The van der Waals surface area contributed by atoms with Gasteiger partial charge < -0.3 is 15.1 Å². The van der Waals surface area contributed by atoms with E-state index in [1.54, 1.807) is 13.8 Å². The topological polar surface area (TPSA) is 81.8 Å². The van der Waals surface area contributed by atoms with Crippen molar-refractivity contribution in [3.8, 4) is 0 Å². The standard InChI is InChI=1S/C15H24N4O3/c1-14(2)12(21)17-13(22)19(14)9-11(20)18-7-4-15(5-8-18)3-6-16-10-15/h16H,3-10H2,1-2H3,(H,17,21,22). The Bertz CT molecular complexity index is 501. The molecule has 0 atom stereocenters. The van der Waals surface area contributed by atoms with Crippen LogP contribution in [0.5, 0.6) is 0 Å². The summed E-state index contributed by atoms with van der Waals surface area (Å²) in [5.41, 5.74) is -0.601. The first-order chi connectivity index (χ1) is 10.3. The predicted molar refractivity (Wildman–Crippen MR) is 80.1 cm³/mol. The lowest BCUT2D eigenvalue weighted by atomic mass is 9.78. The minimum absolute atomic E-state index is 0.0319. The summed E-state index contributed by atoms with van der Waals surface area (Å²) in [5, 5.41) is 5.68. The van der Waals surface area contributed by atoms with Gasteiger partial charge in [-0.15, -0.1) is 0 Å². The summed E-state index contributed by atoms with van der Waals surface area (Å²) in [5.74, 6) is -0.418. The molecule has 3 aliphatic heterocycles. The maximum Gasteiger partial charge on any atom is 0.325 e. The van der Waals surface area contributed by atoms with Crippen LogP contribution in [0.4, 0.5) is 4.79 Å². The second-order valence-electron chi connectivity index (χ2n) is 7.21. The van der Waals surface area contributed by atoms with E-state index in [9.17, 15) is 14.4 Å². The number of likely N-dealkylation sites (tertiary alicyclic amines) is 1. The molecule has 3 heterocycles. The molecule has 0 aromatic rings. The van der Waals surface area contributed by atoms with E-state index < -0.39 is 11.6 Å². The Morgan fingerprint density at radius 1 is 1.18 bits per heavy atom. The van der Waals surface area contributed by atoms with E-state index in [1.165, 1.54) is 11.3 Å². The van der Waals surface area contributed by atoms with Crippen LogP contribution in [0.3, 0.4) is 0 Å². The highest BCUT2D eigenvalue weighted by atomic mass is 16.2. The van der Waals surface area contributed by atoms with Crippen LogP contribution < -0.4 is 10.6 Å². The molecule has 4 amide bonds. The van der Waals surface area contributed by atoms with Gasteiger partial charge in [-0.2, -0.15) is 0 Å². The number of nitrogens with one attached hydrogen (secondary N) is 2. The number of imide groups is 1. The minimum Gasteiger partial charge on any atom is -0.341 e. The van der Waals surface area contributed by atoms with Gasteiger partial charge >= 0.3 is 6.03 Å². The molecule has 3 fully saturated rings. The third kappa shape index (κ3) is 2.47. The van der Waals surface area contributed by atoms with Crippen molar-refractivity contribution in [2.45, 2.75) is 38.6 Å². The molecule has 3 saturated heterocycles. The van der Waals surface area contributed by atoms with Crippen molar-refractivity contribution in [3.63, 3.8) is 0 Å². The Morgan fingerprint density at radius 3 is 2.36 bits per heavy atom. The van der Waals surface area contributed by atoms with Crippen molar-refractivity contribution < 1.29 is 14.4 Å². The van der Waals surface area contributed by atoms with Crippen molar-refractivity contribution in [3.05, 3.63) is 0 Å². The molecule has 0 aliphatic carbocycles. The summed E-state index contributed by atoms with van der Waals surface area (Å²) in [4.78, 5) is 39.2. The van der Waals surface area contributed by atoms with Gasteiger partial charge in [0.1, 0.15) is 12.1 Å². The summed E-state index contributed by atoms with van der Waals surface area (Å²) in [6, 6.07) is -0.475. The first-order valence-electron chi connectivity index (χ1n) is 7.96. The summed E-state index contributed by atoms with van der Waals surface area (Å²) < 4.78 is 0. The van der Waals surface area contributed by atoms with Gasteiger partial charge in [0, 0.05) is 19.6 Å². The van der Waals surface area contributed by atoms with Crippen LogP contribution >= 0.6 is 0 Å². The molecular formula is C15H24N4O3. The fourth-order valence-corrected chi connectivity index (χ4v) is 3.65. The molecule has 3 aliphatic rings. The maximum atomic E-state index is 12.5. The van der Waals surface area contributed by atoms with Gasteiger partial charge in [0.15, 0.2) is 0 Å². The maximum absolute atomic E-state index is 12.5. The lowest BCUT2D eigenvalue weighted by Gasteiger charge is -2.39. The van der Waals surface area contributed by atoms with Crippen molar-refractivity contribution in [2.24, 2.45) is 5.41 Å². The molecule has 7 nitrogen and oxygen atoms in total. The van der Waals surface area contributed by atoms with Crippen LogP contribution in [0.1, 0.15) is 33.1 Å². The summed E-state index contributed by atoms with van der Waals surface area (Å²) in [7, 11) is 0. The van der Waals surface area contributed by atoms with Gasteiger partial charge in [-0.3, -0.25) is 14.9 Å². The second-order valence-corrected chi connectivity index (χ2v) is 7.21. The predicted octanol–water partition coefficient (Wildman–Crippen LogP) is -0.0811. The summed E-state index contributed by atoms with van der Waals surface area (Å²) in [6.45, 7) is 6.89. The number of carbonyl (C=O) groups is 3. The van der Waals surface area contributed by atoms with E-state index in [2.05, 4.69) is 10.6 Å². The van der Waals surface area contributed by atoms with E-state index in [0.29, 0.717) is 5.41 Å². The molecule has 0 aromatic heterocycles. The van der Waals surface area contributed by atoms with Gasteiger partial charge in [0.2, 0.25) is 5.91 Å². The average molecular weight is 308 g/mol. The number of hydrogen-bond acceptors (Lipinski definition) is 4. The molecule has 0 radical (unpaired) electrons. The van der Waals surface area contributed by atoms with Crippen molar-refractivity contribution in [1.82, 2.24) is 20.4 Å². The summed E-state index contributed by atoms with van der Waals surface area (Å²) >= 11 is 0. The highest BCUT2D eigenvalue weighted by Crippen LogP contribution is 2.37. The van der Waals surface area contributed by atoms with Gasteiger partial charge in [-0.05, 0) is 45.1 Å². The van der Waals surface area contributed by atoms with Crippen LogP contribution in [0.2, 0.25) is 0 Å². The zero-order valence-electron chi connectivity index (χ0n) is 13.3. The zero-order chi connectivity index (χ0) is 16.0. The Kier molecular flexibility index (Phi) is 3.63. The molecule has 3 rings (SSSR count). The fraction of sp³-hybridized carbons (Fsp3) is 0.800. The number of carbonyl (C=O) groups excluding carboxylic acids is 3. The molecule has 1 spiro atoms. The molecule has 122 valence electrons. The van der Waals surface area contributed by atoms with Crippen molar-refractivity contribution in [1.29, 1.82) is 0 Å². The van der Waals surface area contributed by atoms with Crippen molar-refractivity contribution in [2.75, 3.05) is 32.7 Å². The minimum atomic E-state index is -0.959. The van der Waals surface area contributed by atoms with E-state index in [0.717, 1.165) is 39.0 Å². The monoisotopic (exact) mass is 308 g/mol. The van der Waals surface area contributed by atoms with Crippen LogP contribution in [-0.4, -0.2) is 65.9 Å². The number of nitrogens with zero attached hydrogens (tertiary/aromatic N) is 2. The number of amides is 4. The molecule has 0 unspecified atom stereocenters. The Labute approximate surface area is 130 Å². The van der Waals surface area contributed by atoms with E-state index in [1.807, 2.05) is 4.90 Å². The first kappa shape index (κ1) is 15.3. The van der Waals surface area contributed by atoms with Crippen LogP contribution in [0.25, 0.3) is 0 Å². The van der Waals surface area contributed by atoms with Crippen LogP contribution in [0.15, 0.2) is 0 Å². The molecule has 0 bridgehead atoms. The van der Waals surface area contributed by atoms with Crippen molar-refractivity contribution >= 4 is 17.8 Å². The normalized spacial score (nSPS) is 26.6. The molecular weight excluding hydrogens is 284 g/mol. The molecule has 22 heavy (non-hydrogen) atoms. The molecule has 0 saturated carbocycles. The number of hydrogen-bond donors (Lipinski definition) is 2. The van der Waals surface area contributed by atoms with E-state index in [4.69, 9.17) is 0 Å². The lowest BCUT2D eigenvalue weighted by molar-refractivity contribution is -0.135. The van der Waals surface area contributed by atoms with Gasteiger partial charge in [0.05, 0.1) is 0 Å². The largest absolute Gasteiger partial charge is 0.341 e. The van der Waals surface area contributed by atoms with Crippen LogP contribution in [0, 0.1) is 5.41 Å². The molecule has 7 heteroatoms. The average Bonchev–Trinajstić information content (AvgIpc) is 2.99. The van der Waals surface area contributed by atoms with E-state index in [-0.39, 0.29) is 18.4 Å². The highest BCUT2D eigenvalue weighted by molar-refractivity contribution is 6.07. The van der Waals surface area contributed by atoms with Gasteiger partial charge in [0.25, 0.3) is 5.91 Å². The van der Waals surface area contributed by atoms with E-state index >= 15 is 0 Å². The quantitative estimate of drug-likeness (QED) is 0.699. The van der Waals surface area contributed by atoms with Gasteiger partial charge in [-0.25, -0.2) is 4.79 Å². The lowest BCUT2D eigenvalue weighted by Crippen LogP contribution is -2.52.